The van der Waals surface area contributed by atoms with Crippen molar-refractivity contribution in [2.45, 2.75) is 6.92 Å². The van der Waals surface area contributed by atoms with Crippen LogP contribution in [0.2, 0.25) is 5.02 Å². The fraction of sp³-hybridized carbons (Fsp3) is 0.143. The van der Waals surface area contributed by atoms with Crippen molar-refractivity contribution in [2.24, 2.45) is 5.10 Å². The molecule has 1 aromatic heterocycles. The summed E-state index contributed by atoms with van der Waals surface area (Å²) < 4.78 is 21.3. The van der Waals surface area contributed by atoms with E-state index in [4.69, 9.17) is 30.5 Å². The summed E-state index contributed by atoms with van der Waals surface area (Å²) in [5.41, 5.74) is 6.72. The Morgan fingerprint density at radius 3 is 2.26 bits per heavy atom. The number of carbonyl (C=O) groups excluding carboxylic acids is 3. The number of hydrazone groups is 1. The normalized spacial score (nSPS) is 10.9. The zero-order valence-electron chi connectivity index (χ0n) is 26.2. The van der Waals surface area contributed by atoms with Gasteiger partial charge >= 0.3 is 11.9 Å². The number of hydrogen-bond donors (Lipinski definition) is 2. The molecule has 0 bridgehead atoms. The molecule has 0 aliphatic heterocycles. The number of ether oxygens (including phenoxy) is 4. The number of aromatic amines is 1. The first kappa shape index (κ1) is 32.6. The van der Waals surface area contributed by atoms with Gasteiger partial charge in [0.15, 0.2) is 23.0 Å². The Bertz CT molecular complexity index is 2020. The van der Waals surface area contributed by atoms with Gasteiger partial charge in [0, 0.05) is 53.8 Å². The number of nitrogens with zero attached hydrogens (tertiary/aromatic N) is 2. The largest absolute Gasteiger partial charge is 0.493 e. The summed E-state index contributed by atoms with van der Waals surface area (Å²) in [5, 5.41) is 5.50. The molecule has 1 heterocycles. The van der Waals surface area contributed by atoms with E-state index < -0.39 is 17.8 Å². The van der Waals surface area contributed by atoms with Crippen LogP contribution < -0.4 is 29.3 Å². The molecule has 2 N–H and O–H groups in total. The van der Waals surface area contributed by atoms with Gasteiger partial charge in [0.1, 0.15) is 5.69 Å². The van der Waals surface area contributed by atoms with Gasteiger partial charge in [0.2, 0.25) is 0 Å². The molecule has 0 spiro atoms. The highest BCUT2D eigenvalue weighted by Gasteiger charge is 2.22. The lowest BCUT2D eigenvalue weighted by molar-refractivity contribution is -0.132. The second-order valence-corrected chi connectivity index (χ2v) is 10.8. The number of benzene rings is 4. The summed E-state index contributed by atoms with van der Waals surface area (Å²) in [6.45, 7) is 1.26. The summed E-state index contributed by atoms with van der Waals surface area (Å²) in [7, 11) is 6.71. The van der Waals surface area contributed by atoms with Gasteiger partial charge in [-0.25, -0.2) is 10.2 Å². The van der Waals surface area contributed by atoms with Crippen LogP contribution in [-0.2, 0) is 4.79 Å². The molecule has 0 saturated heterocycles. The van der Waals surface area contributed by atoms with Crippen LogP contribution in [-0.4, -0.2) is 57.4 Å². The quantitative estimate of drug-likeness (QED) is 0.0757. The lowest BCUT2D eigenvalue weighted by atomic mass is 10.0. The molecule has 0 atom stereocenters. The van der Waals surface area contributed by atoms with Crippen LogP contribution in [0.25, 0.3) is 22.0 Å². The lowest BCUT2D eigenvalue weighted by Gasteiger charge is -2.13. The first-order chi connectivity index (χ1) is 22.6. The third-order valence-corrected chi connectivity index (χ3v) is 7.42. The maximum Gasteiger partial charge on any atom is 0.343 e. The highest BCUT2D eigenvalue weighted by atomic mass is 35.5. The van der Waals surface area contributed by atoms with Crippen molar-refractivity contribution in [1.29, 1.82) is 0 Å². The summed E-state index contributed by atoms with van der Waals surface area (Å²) in [4.78, 5) is 42.9. The van der Waals surface area contributed by atoms with E-state index in [9.17, 15) is 14.4 Å². The lowest BCUT2D eigenvalue weighted by Crippen LogP contribution is -2.19. The number of nitrogens with one attached hydrogen (secondary N) is 2. The number of hydrogen-bond acceptors (Lipinski definition) is 9. The van der Waals surface area contributed by atoms with Gasteiger partial charge in [0.25, 0.3) is 5.91 Å². The van der Waals surface area contributed by atoms with Crippen LogP contribution in [0.4, 0.5) is 5.69 Å². The minimum absolute atomic E-state index is 0.154. The van der Waals surface area contributed by atoms with Gasteiger partial charge in [0.05, 0.1) is 26.0 Å². The molecule has 0 unspecified atom stereocenters. The summed E-state index contributed by atoms with van der Waals surface area (Å²) >= 11 is 6.57. The SMILES string of the molecule is COc1cc(C(=O)Oc2ccc(C=NNC(=O)c3[nH]c4ccc(N(C)C)cc4c3-c3ccccc3Cl)cc2OC)ccc1OC(C)=O. The second-order valence-electron chi connectivity index (χ2n) is 10.4. The van der Waals surface area contributed by atoms with E-state index in [1.165, 1.54) is 45.6 Å². The maximum atomic E-state index is 13.5. The number of halogens is 1. The van der Waals surface area contributed by atoms with Crippen molar-refractivity contribution < 1.29 is 33.3 Å². The van der Waals surface area contributed by atoms with Gasteiger partial charge < -0.3 is 28.8 Å². The Hall–Kier alpha value is -5.81. The molecule has 11 nitrogen and oxygen atoms in total. The molecule has 5 rings (SSSR count). The van der Waals surface area contributed by atoms with Crippen LogP contribution in [0.5, 0.6) is 23.0 Å². The number of rotatable bonds is 10. The minimum atomic E-state index is -0.685. The van der Waals surface area contributed by atoms with Crippen molar-refractivity contribution in [3.8, 4) is 34.1 Å². The van der Waals surface area contributed by atoms with Crippen LogP contribution in [0.1, 0.15) is 33.3 Å². The number of H-pyrrole nitrogens is 1. The molecule has 1 amide bonds. The number of aromatic nitrogens is 1. The van der Waals surface area contributed by atoms with Gasteiger partial charge in [-0.15, -0.1) is 0 Å². The van der Waals surface area contributed by atoms with Gasteiger partial charge in [-0.1, -0.05) is 29.8 Å². The molecule has 0 aliphatic carbocycles. The van der Waals surface area contributed by atoms with Crippen molar-refractivity contribution >= 4 is 52.3 Å². The van der Waals surface area contributed by atoms with E-state index in [-0.39, 0.29) is 28.6 Å². The predicted octanol–water partition coefficient (Wildman–Crippen LogP) is 6.48. The van der Waals surface area contributed by atoms with Gasteiger partial charge in [-0.05, 0) is 66.2 Å². The van der Waals surface area contributed by atoms with E-state index in [0.29, 0.717) is 27.4 Å². The Balaban J connectivity index is 1.35. The summed E-state index contributed by atoms with van der Waals surface area (Å²) in [5.74, 6) is -0.897. The Labute approximate surface area is 275 Å². The molecule has 0 saturated carbocycles. The van der Waals surface area contributed by atoms with E-state index in [1.807, 2.05) is 55.4 Å². The molecule has 4 aromatic carbocycles. The Morgan fingerprint density at radius 2 is 1.55 bits per heavy atom. The number of esters is 2. The minimum Gasteiger partial charge on any atom is -0.493 e. The average molecular weight is 655 g/mol. The average Bonchev–Trinajstić information content (AvgIpc) is 3.44. The first-order valence-corrected chi connectivity index (χ1v) is 14.7. The topological polar surface area (TPSA) is 132 Å². The highest BCUT2D eigenvalue weighted by molar-refractivity contribution is 6.34. The number of fused-ring (bicyclic) bond motifs is 1. The van der Waals surface area contributed by atoms with Crippen molar-refractivity contribution in [2.75, 3.05) is 33.2 Å². The highest BCUT2D eigenvalue weighted by Crippen LogP contribution is 2.38. The molecule has 12 heteroatoms. The standard InChI is InChI=1S/C35H31ClN4O7/c1-20(41)46-28-15-11-22(17-31(28)45-5)35(43)47-29-14-10-21(16-30(29)44-4)19-37-39-34(42)33-32(24-8-6-7-9-26(24)36)25-18-23(40(2)3)12-13-27(25)38-33/h6-19,38H,1-5H3,(H,39,42). The zero-order chi connectivity index (χ0) is 33.7. The van der Waals surface area contributed by atoms with Gasteiger partial charge in [-0.2, -0.15) is 5.10 Å². The second kappa shape index (κ2) is 14.1. The molecule has 0 fully saturated rings. The van der Waals surface area contributed by atoms with E-state index >= 15 is 0 Å². The fourth-order valence-corrected chi connectivity index (χ4v) is 5.06. The third kappa shape index (κ3) is 7.21. The molecule has 5 aromatic rings. The molecule has 47 heavy (non-hydrogen) atoms. The van der Waals surface area contributed by atoms with E-state index in [1.54, 1.807) is 24.3 Å². The van der Waals surface area contributed by atoms with Crippen LogP contribution in [0.15, 0.2) is 84.0 Å². The van der Waals surface area contributed by atoms with Gasteiger partial charge in [-0.3, -0.25) is 9.59 Å². The van der Waals surface area contributed by atoms with E-state index in [2.05, 4.69) is 15.5 Å². The smallest absolute Gasteiger partial charge is 0.343 e. The number of methoxy groups -OCH3 is 2. The maximum absolute atomic E-state index is 13.5. The number of amides is 1. The predicted molar refractivity (Wildman–Crippen MR) is 180 cm³/mol. The molecule has 0 radical (unpaired) electrons. The molecule has 240 valence electrons. The molecular formula is C35H31ClN4O7. The Kier molecular flexibility index (Phi) is 9.77. The monoisotopic (exact) mass is 654 g/mol. The van der Waals surface area contributed by atoms with Crippen molar-refractivity contribution in [3.05, 3.63) is 101 Å². The zero-order valence-corrected chi connectivity index (χ0v) is 27.0. The summed E-state index contributed by atoms with van der Waals surface area (Å²) in [6.07, 6.45) is 1.44. The van der Waals surface area contributed by atoms with E-state index in [0.717, 1.165) is 16.6 Å². The number of anilines is 1. The van der Waals surface area contributed by atoms with Crippen molar-refractivity contribution in [1.82, 2.24) is 10.4 Å². The Morgan fingerprint density at radius 1 is 0.851 bits per heavy atom. The molecule has 0 aliphatic rings. The van der Waals surface area contributed by atoms with Crippen molar-refractivity contribution in [3.63, 3.8) is 0 Å². The molecular weight excluding hydrogens is 624 g/mol. The van der Waals surface area contributed by atoms with Crippen LogP contribution >= 0.6 is 11.6 Å². The van der Waals surface area contributed by atoms with Crippen LogP contribution in [0, 0.1) is 0 Å². The fourth-order valence-electron chi connectivity index (χ4n) is 4.83. The third-order valence-electron chi connectivity index (χ3n) is 7.09. The number of carbonyl (C=O) groups is 3. The summed E-state index contributed by atoms with van der Waals surface area (Å²) in [6, 6.07) is 22.3. The van der Waals surface area contributed by atoms with Crippen LogP contribution in [0.3, 0.4) is 0 Å². The first-order valence-electron chi connectivity index (χ1n) is 14.3.